The number of hydrogen-bond donors (Lipinski definition) is 1. The van der Waals surface area contributed by atoms with Crippen LogP contribution in [0.15, 0.2) is 108 Å². The smallest absolute Gasteiger partial charge is 0.264 e. The van der Waals surface area contributed by atoms with Crippen LogP contribution in [0.4, 0.5) is 5.69 Å². The lowest BCUT2D eigenvalue weighted by atomic mass is 10.0. The zero-order chi connectivity index (χ0) is 33.3. The molecule has 0 aromatic heterocycles. The molecule has 0 heterocycles. The van der Waals surface area contributed by atoms with Gasteiger partial charge in [0, 0.05) is 25.1 Å². The highest BCUT2D eigenvalue weighted by Crippen LogP contribution is 2.32. The molecule has 0 aliphatic rings. The Bertz CT molecular complexity index is 1730. The number of nitrogens with zero attached hydrogens (tertiary/aromatic N) is 2. The molecule has 0 unspecified atom stereocenters. The molecule has 10 heteroatoms. The van der Waals surface area contributed by atoms with Gasteiger partial charge in [0.2, 0.25) is 11.8 Å². The van der Waals surface area contributed by atoms with E-state index in [9.17, 15) is 18.0 Å². The zero-order valence-corrected chi connectivity index (χ0v) is 27.7. The lowest BCUT2D eigenvalue weighted by molar-refractivity contribution is -0.140. The summed E-state index contributed by atoms with van der Waals surface area (Å²) in [5.41, 5.74) is 2.98. The number of nitrogens with one attached hydrogen (secondary N) is 1. The Balaban J connectivity index is 1.81. The van der Waals surface area contributed by atoms with Gasteiger partial charge in [-0.3, -0.25) is 13.9 Å². The molecule has 0 aliphatic heterocycles. The van der Waals surface area contributed by atoms with E-state index in [1.54, 1.807) is 30.3 Å². The molecule has 242 valence electrons. The quantitative estimate of drug-likeness (QED) is 0.198. The van der Waals surface area contributed by atoms with Crippen LogP contribution in [-0.4, -0.2) is 58.0 Å². The van der Waals surface area contributed by atoms with Crippen molar-refractivity contribution in [2.75, 3.05) is 25.1 Å². The number of amides is 2. The van der Waals surface area contributed by atoms with Crippen LogP contribution >= 0.6 is 0 Å². The third-order valence-electron chi connectivity index (χ3n) is 7.40. The highest BCUT2D eigenvalue weighted by atomic mass is 32.2. The second-order valence-corrected chi connectivity index (χ2v) is 13.1. The average molecular weight is 644 g/mol. The van der Waals surface area contributed by atoms with Crippen molar-refractivity contribution in [2.45, 2.75) is 50.7 Å². The Labute approximate surface area is 271 Å². The maximum absolute atomic E-state index is 14.5. The normalized spacial score (nSPS) is 11.9. The molecule has 0 radical (unpaired) electrons. The largest absolute Gasteiger partial charge is 0.493 e. The van der Waals surface area contributed by atoms with Crippen LogP contribution in [0.25, 0.3) is 0 Å². The van der Waals surface area contributed by atoms with E-state index in [4.69, 9.17) is 9.47 Å². The molecular formula is C36H41N3O6S. The molecule has 4 rings (SSSR count). The summed E-state index contributed by atoms with van der Waals surface area (Å²) in [6.07, 6.45) is 0.241. The Hall–Kier alpha value is -4.83. The molecular weight excluding hydrogens is 602 g/mol. The van der Waals surface area contributed by atoms with E-state index < -0.39 is 28.5 Å². The first-order chi connectivity index (χ1) is 22.0. The van der Waals surface area contributed by atoms with E-state index in [1.165, 1.54) is 37.3 Å². The predicted octanol–water partition coefficient (Wildman–Crippen LogP) is 5.37. The van der Waals surface area contributed by atoms with Gasteiger partial charge in [0.15, 0.2) is 11.5 Å². The summed E-state index contributed by atoms with van der Waals surface area (Å²) in [6.45, 7) is 5.22. The Kier molecular flexibility index (Phi) is 11.4. The molecule has 46 heavy (non-hydrogen) atoms. The van der Waals surface area contributed by atoms with Gasteiger partial charge in [-0.25, -0.2) is 8.42 Å². The van der Waals surface area contributed by atoms with Crippen molar-refractivity contribution >= 4 is 27.5 Å². The summed E-state index contributed by atoms with van der Waals surface area (Å²) in [5, 5.41) is 2.97. The highest BCUT2D eigenvalue weighted by Gasteiger charge is 2.35. The maximum Gasteiger partial charge on any atom is 0.264 e. The average Bonchev–Trinajstić information content (AvgIpc) is 3.05. The summed E-state index contributed by atoms with van der Waals surface area (Å²) in [7, 11) is -1.41. The summed E-state index contributed by atoms with van der Waals surface area (Å²) < 4.78 is 40.3. The van der Waals surface area contributed by atoms with Crippen molar-refractivity contribution in [1.82, 2.24) is 10.2 Å². The van der Waals surface area contributed by atoms with Crippen LogP contribution in [0.3, 0.4) is 0 Å². The fourth-order valence-electron chi connectivity index (χ4n) is 5.17. The molecule has 0 aliphatic carbocycles. The molecule has 0 bridgehead atoms. The molecule has 4 aromatic carbocycles. The van der Waals surface area contributed by atoms with Crippen LogP contribution in [0, 0.1) is 6.92 Å². The Morgan fingerprint density at radius 2 is 1.41 bits per heavy atom. The lowest BCUT2D eigenvalue weighted by Crippen LogP contribution is -2.54. The molecule has 0 spiro atoms. The van der Waals surface area contributed by atoms with Gasteiger partial charge in [-0.2, -0.15) is 0 Å². The van der Waals surface area contributed by atoms with Crippen molar-refractivity contribution in [3.8, 4) is 11.5 Å². The maximum atomic E-state index is 14.5. The second-order valence-electron chi connectivity index (χ2n) is 11.2. The number of aryl methyl sites for hydroxylation is 1. The number of hydrogen-bond acceptors (Lipinski definition) is 6. The summed E-state index contributed by atoms with van der Waals surface area (Å²) in [4.78, 5) is 29.7. The standard InChI is InChI=1S/C36H41N3O6S/c1-26(2)37-36(41)32(22-28-14-8-6-9-15-28)38(24-29-16-12-13-27(3)21-29)35(40)25-39(30-17-10-7-11-18-30)46(42,43)31-19-20-33(44-4)34(23-31)45-5/h6-21,23,26,32H,22,24-25H2,1-5H3,(H,37,41)/t32-/m1/s1. The Morgan fingerprint density at radius 3 is 2.02 bits per heavy atom. The highest BCUT2D eigenvalue weighted by molar-refractivity contribution is 7.92. The monoisotopic (exact) mass is 643 g/mol. The first kappa shape index (κ1) is 34.1. The van der Waals surface area contributed by atoms with Gasteiger partial charge in [-0.05, 0) is 56.2 Å². The van der Waals surface area contributed by atoms with Gasteiger partial charge in [0.05, 0.1) is 24.8 Å². The first-order valence-electron chi connectivity index (χ1n) is 15.0. The first-order valence-corrected chi connectivity index (χ1v) is 16.5. The summed E-state index contributed by atoms with van der Waals surface area (Å²) >= 11 is 0. The fraction of sp³-hybridized carbons (Fsp3) is 0.278. The molecule has 1 N–H and O–H groups in total. The van der Waals surface area contributed by atoms with Gasteiger partial charge in [-0.1, -0.05) is 78.4 Å². The second kappa shape index (κ2) is 15.4. The van der Waals surface area contributed by atoms with Crippen LogP contribution < -0.4 is 19.1 Å². The topological polar surface area (TPSA) is 105 Å². The van der Waals surface area contributed by atoms with E-state index in [1.807, 2.05) is 75.4 Å². The van der Waals surface area contributed by atoms with Crippen LogP contribution in [0.2, 0.25) is 0 Å². The third kappa shape index (κ3) is 8.45. The number of sulfonamides is 1. The zero-order valence-electron chi connectivity index (χ0n) is 26.8. The fourth-order valence-corrected chi connectivity index (χ4v) is 6.60. The number of benzene rings is 4. The van der Waals surface area contributed by atoms with Crippen molar-refractivity contribution in [3.05, 3.63) is 120 Å². The van der Waals surface area contributed by atoms with Crippen molar-refractivity contribution in [1.29, 1.82) is 0 Å². The molecule has 0 saturated heterocycles. The SMILES string of the molecule is COc1ccc(S(=O)(=O)N(CC(=O)N(Cc2cccc(C)c2)[C@H](Cc2ccccc2)C(=O)NC(C)C)c2ccccc2)cc1OC. The molecule has 1 atom stereocenters. The number of methoxy groups -OCH3 is 2. The van der Waals surface area contributed by atoms with Gasteiger partial charge in [-0.15, -0.1) is 0 Å². The summed E-state index contributed by atoms with van der Waals surface area (Å²) in [5.74, 6) is -0.256. The molecule has 9 nitrogen and oxygen atoms in total. The number of ether oxygens (including phenoxy) is 2. The minimum atomic E-state index is -4.29. The third-order valence-corrected chi connectivity index (χ3v) is 9.17. The minimum Gasteiger partial charge on any atom is -0.493 e. The molecule has 0 fully saturated rings. The van der Waals surface area contributed by atoms with Crippen molar-refractivity contribution < 1.29 is 27.5 Å². The van der Waals surface area contributed by atoms with E-state index >= 15 is 0 Å². The number of carbonyl (C=O) groups excluding carboxylic acids is 2. The van der Waals surface area contributed by atoms with Gasteiger partial charge in [0.1, 0.15) is 12.6 Å². The lowest BCUT2D eigenvalue weighted by Gasteiger charge is -2.34. The van der Waals surface area contributed by atoms with Gasteiger partial charge < -0.3 is 19.7 Å². The number of rotatable bonds is 14. The van der Waals surface area contributed by atoms with Crippen molar-refractivity contribution in [2.24, 2.45) is 0 Å². The number of carbonyl (C=O) groups is 2. The minimum absolute atomic E-state index is 0.0783. The Morgan fingerprint density at radius 1 is 0.783 bits per heavy atom. The van der Waals surface area contributed by atoms with Crippen LogP contribution in [0.1, 0.15) is 30.5 Å². The van der Waals surface area contributed by atoms with E-state index in [0.717, 1.165) is 21.0 Å². The predicted molar refractivity (Wildman–Crippen MR) is 179 cm³/mol. The number of anilines is 1. The van der Waals surface area contributed by atoms with Crippen LogP contribution in [0.5, 0.6) is 11.5 Å². The molecule has 0 saturated carbocycles. The molecule has 4 aromatic rings. The van der Waals surface area contributed by atoms with E-state index in [0.29, 0.717) is 11.4 Å². The van der Waals surface area contributed by atoms with Crippen molar-refractivity contribution in [3.63, 3.8) is 0 Å². The van der Waals surface area contributed by atoms with Gasteiger partial charge in [0.25, 0.3) is 10.0 Å². The molecule has 2 amide bonds. The van der Waals surface area contributed by atoms with Crippen LogP contribution in [-0.2, 0) is 32.6 Å². The number of para-hydroxylation sites is 1. The van der Waals surface area contributed by atoms with Gasteiger partial charge >= 0.3 is 0 Å². The summed E-state index contributed by atoms with van der Waals surface area (Å²) in [6, 6.07) is 28.8. The van der Waals surface area contributed by atoms with E-state index in [-0.39, 0.29) is 35.6 Å². The van der Waals surface area contributed by atoms with E-state index in [2.05, 4.69) is 5.32 Å².